The number of carbonyl (C=O) groups is 1. The highest BCUT2D eigenvalue weighted by Gasteiger charge is 2.23. The van der Waals surface area contributed by atoms with E-state index in [0.29, 0.717) is 17.2 Å². The van der Waals surface area contributed by atoms with Crippen molar-refractivity contribution in [3.63, 3.8) is 0 Å². The summed E-state index contributed by atoms with van der Waals surface area (Å²) >= 11 is 1.50. The van der Waals surface area contributed by atoms with Crippen LogP contribution in [0.15, 0.2) is 41.3 Å². The number of carbonyl (C=O) groups excluding carboxylic acids is 1. The second-order valence-corrected chi connectivity index (χ2v) is 11.2. The zero-order chi connectivity index (χ0) is 22.8. The number of aryl methyl sites for hydroxylation is 2. The molecule has 0 saturated carbocycles. The molecule has 0 aliphatic rings. The number of thiazole rings is 1. The third-order valence-corrected chi connectivity index (χ3v) is 8.05. The summed E-state index contributed by atoms with van der Waals surface area (Å²) in [4.78, 5) is 22.2. The molecule has 0 bridgehead atoms. The van der Waals surface area contributed by atoms with E-state index < -0.39 is 9.84 Å². The van der Waals surface area contributed by atoms with E-state index in [1.165, 1.54) is 23.5 Å². The summed E-state index contributed by atoms with van der Waals surface area (Å²) in [5.41, 5.74) is 3.50. The predicted octanol–water partition coefficient (Wildman–Crippen LogP) is 4.31. The van der Waals surface area contributed by atoms with Crippen LogP contribution in [0.5, 0.6) is 0 Å². The lowest BCUT2D eigenvalue weighted by molar-refractivity contribution is 0.0986. The van der Waals surface area contributed by atoms with Gasteiger partial charge in [-0.25, -0.2) is 13.4 Å². The SMILES string of the molecule is CCS(=O)(=O)c1cccc(C(=O)N(CCCN(C)C)c2nc3cc(C)cc(C)c3s2)c1. The Morgan fingerprint density at radius 1 is 1.10 bits per heavy atom. The standard InChI is InChI=1S/C23H29N3O3S2/c1-6-31(28,29)19-10-7-9-18(15-19)22(27)26(12-8-11-25(4)5)23-24-20-14-16(2)13-17(3)21(20)30-23/h7,9-10,13-15H,6,8,11-12H2,1-5H3. The van der Waals surface area contributed by atoms with Crippen LogP contribution in [-0.4, -0.2) is 57.1 Å². The number of hydrogen-bond donors (Lipinski definition) is 0. The van der Waals surface area contributed by atoms with Gasteiger partial charge in [0, 0.05) is 12.1 Å². The molecule has 2 aromatic carbocycles. The molecule has 3 aromatic rings. The molecule has 0 saturated heterocycles. The van der Waals surface area contributed by atoms with E-state index in [0.717, 1.165) is 34.3 Å². The summed E-state index contributed by atoms with van der Waals surface area (Å²) in [5, 5.41) is 0.635. The number of nitrogens with zero attached hydrogens (tertiary/aromatic N) is 3. The first-order valence-corrected chi connectivity index (χ1v) is 12.8. The number of sulfone groups is 1. The van der Waals surface area contributed by atoms with Gasteiger partial charge in [-0.2, -0.15) is 0 Å². The van der Waals surface area contributed by atoms with Gasteiger partial charge in [-0.1, -0.05) is 30.4 Å². The summed E-state index contributed by atoms with van der Waals surface area (Å²) < 4.78 is 25.7. The van der Waals surface area contributed by atoms with Gasteiger partial charge in [0.1, 0.15) is 0 Å². The Bertz CT molecular complexity index is 1200. The number of hydrogen-bond acceptors (Lipinski definition) is 6. The van der Waals surface area contributed by atoms with E-state index in [1.54, 1.807) is 24.0 Å². The Morgan fingerprint density at radius 2 is 1.84 bits per heavy atom. The van der Waals surface area contributed by atoms with Crippen LogP contribution in [0.25, 0.3) is 10.2 Å². The second-order valence-electron chi connectivity index (χ2n) is 7.97. The summed E-state index contributed by atoms with van der Waals surface area (Å²) in [6.07, 6.45) is 0.777. The monoisotopic (exact) mass is 459 g/mol. The lowest BCUT2D eigenvalue weighted by Crippen LogP contribution is -2.33. The fraction of sp³-hybridized carbons (Fsp3) is 0.391. The van der Waals surface area contributed by atoms with Crippen molar-refractivity contribution in [3.8, 4) is 0 Å². The first kappa shape index (κ1) is 23.4. The highest BCUT2D eigenvalue weighted by molar-refractivity contribution is 7.91. The van der Waals surface area contributed by atoms with E-state index in [4.69, 9.17) is 4.98 Å². The molecular formula is C23H29N3O3S2. The predicted molar refractivity (Wildman–Crippen MR) is 128 cm³/mol. The lowest BCUT2D eigenvalue weighted by Gasteiger charge is -2.21. The minimum Gasteiger partial charge on any atom is -0.309 e. The largest absolute Gasteiger partial charge is 0.309 e. The zero-order valence-corrected chi connectivity index (χ0v) is 20.3. The summed E-state index contributed by atoms with van der Waals surface area (Å²) in [6, 6.07) is 10.4. The molecule has 8 heteroatoms. The van der Waals surface area contributed by atoms with Crippen molar-refractivity contribution in [1.82, 2.24) is 9.88 Å². The lowest BCUT2D eigenvalue weighted by atomic mass is 10.1. The van der Waals surface area contributed by atoms with Crippen LogP contribution in [0.3, 0.4) is 0 Å². The van der Waals surface area contributed by atoms with Crippen molar-refractivity contribution in [1.29, 1.82) is 0 Å². The highest BCUT2D eigenvalue weighted by Crippen LogP contribution is 2.33. The maximum absolute atomic E-state index is 13.5. The number of rotatable bonds is 8. The Morgan fingerprint density at radius 3 is 2.52 bits per heavy atom. The molecular weight excluding hydrogens is 430 g/mol. The molecule has 166 valence electrons. The smallest absolute Gasteiger partial charge is 0.260 e. The summed E-state index contributed by atoms with van der Waals surface area (Å²) in [5.74, 6) is -0.242. The molecule has 0 fully saturated rings. The van der Waals surface area contributed by atoms with Gasteiger partial charge >= 0.3 is 0 Å². The van der Waals surface area contributed by atoms with Crippen molar-refractivity contribution < 1.29 is 13.2 Å². The van der Waals surface area contributed by atoms with Crippen LogP contribution < -0.4 is 4.90 Å². The summed E-state index contributed by atoms with van der Waals surface area (Å²) in [7, 11) is 0.596. The maximum Gasteiger partial charge on any atom is 0.260 e. The molecule has 1 aromatic heterocycles. The number of aromatic nitrogens is 1. The Hall–Kier alpha value is -2.29. The van der Waals surface area contributed by atoms with Crippen LogP contribution in [0.2, 0.25) is 0 Å². The van der Waals surface area contributed by atoms with Crippen LogP contribution in [-0.2, 0) is 9.84 Å². The Balaban J connectivity index is 2.02. The minimum absolute atomic E-state index is 0.00626. The van der Waals surface area contributed by atoms with Gasteiger partial charge in [0.2, 0.25) is 0 Å². The van der Waals surface area contributed by atoms with Gasteiger partial charge in [-0.15, -0.1) is 0 Å². The topological polar surface area (TPSA) is 70.6 Å². The third-order valence-electron chi connectivity index (χ3n) is 5.09. The number of amides is 1. The maximum atomic E-state index is 13.5. The molecule has 0 radical (unpaired) electrons. The van der Waals surface area contributed by atoms with Crippen molar-refractivity contribution in [2.24, 2.45) is 0 Å². The number of fused-ring (bicyclic) bond motifs is 1. The first-order chi connectivity index (χ1) is 14.6. The molecule has 0 aliphatic heterocycles. The second kappa shape index (κ2) is 9.46. The Kier molecular flexibility index (Phi) is 7.13. The van der Waals surface area contributed by atoms with Crippen molar-refractivity contribution in [2.45, 2.75) is 32.1 Å². The van der Waals surface area contributed by atoms with Crippen LogP contribution in [0.4, 0.5) is 5.13 Å². The fourth-order valence-electron chi connectivity index (χ4n) is 3.45. The van der Waals surface area contributed by atoms with E-state index in [1.807, 2.05) is 27.1 Å². The van der Waals surface area contributed by atoms with Gasteiger partial charge in [-0.05, 0) is 76.3 Å². The molecule has 0 unspecified atom stereocenters. The van der Waals surface area contributed by atoms with E-state index in [2.05, 4.69) is 17.9 Å². The van der Waals surface area contributed by atoms with Crippen molar-refractivity contribution in [2.75, 3.05) is 37.8 Å². The molecule has 6 nitrogen and oxygen atoms in total. The average molecular weight is 460 g/mol. The first-order valence-electron chi connectivity index (χ1n) is 10.3. The van der Waals surface area contributed by atoms with E-state index >= 15 is 0 Å². The van der Waals surface area contributed by atoms with Crippen LogP contribution in [0, 0.1) is 13.8 Å². The van der Waals surface area contributed by atoms with Crippen molar-refractivity contribution in [3.05, 3.63) is 53.1 Å². The van der Waals surface area contributed by atoms with Gasteiger partial charge in [0.25, 0.3) is 5.91 Å². The van der Waals surface area contributed by atoms with Gasteiger partial charge < -0.3 is 4.90 Å². The molecule has 0 atom stereocenters. The highest BCUT2D eigenvalue weighted by atomic mass is 32.2. The third kappa shape index (κ3) is 5.31. The molecule has 31 heavy (non-hydrogen) atoms. The van der Waals surface area contributed by atoms with Crippen molar-refractivity contribution >= 4 is 42.4 Å². The number of anilines is 1. The number of benzene rings is 2. The van der Waals surface area contributed by atoms with Gasteiger partial charge in [-0.3, -0.25) is 9.69 Å². The van der Waals surface area contributed by atoms with Crippen LogP contribution in [0.1, 0.15) is 34.8 Å². The Labute approximate surface area is 188 Å². The van der Waals surface area contributed by atoms with Crippen LogP contribution >= 0.6 is 11.3 Å². The zero-order valence-electron chi connectivity index (χ0n) is 18.7. The van der Waals surface area contributed by atoms with Gasteiger partial charge in [0.05, 0.1) is 20.9 Å². The fourth-order valence-corrected chi connectivity index (χ4v) is 5.42. The molecule has 3 rings (SSSR count). The van der Waals surface area contributed by atoms with E-state index in [9.17, 15) is 13.2 Å². The normalized spacial score (nSPS) is 11.9. The van der Waals surface area contributed by atoms with E-state index in [-0.39, 0.29) is 16.6 Å². The molecule has 1 amide bonds. The van der Waals surface area contributed by atoms with Gasteiger partial charge in [0.15, 0.2) is 15.0 Å². The average Bonchev–Trinajstić information content (AvgIpc) is 3.14. The summed E-state index contributed by atoms with van der Waals surface area (Å²) in [6.45, 7) is 7.01. The molecule has 0 spiro atoms. The quantitative estimate of drug-likeness (QED) is 0.502. The molecule has 1 heterocycles. The molecule has 0 aliphatic carbocycles. The molecule has 0 N–H and O–H groups in total. The minimum atomic E-state index is -3.39.